The zero-order chi connectivity index (χ0) is 37.0. The van der Waals surface area contributed by atoms with Crippen molar-refractivity contribution in [2.24, 2.45) is 0 Å². The van der Waals surface area contributed by atoms with E-state index < -0.39 is 11.6 Å². The predicted octanol–water partition coefficient (Wildman–Crippen LogP) is 9.85. The van der Waals surface area contributed by atoms with Crippen LogP contribution in [0.25, 0.3) is 0 Å². The van der Waals surface area contributed by atoms with Crippen LogP contribution in [0, 0.1) is 0 Å². The molecule has 0 aromatic heterocycles. The van der Waals surface area contributed by atoms with Gasteiger partial charge in [0.1, 0.15) is 23.0 Å². The third kappa shape index (κ3) is 9.09. The summed E-state index contributed by atoms with van der Waals surface area (Å²) in [7, 11) is 0. The standard InChI is InChI=1S/C42H52N4O6/c1-3-5-7-9-11-13-21-49-27-17-15-19-29(23-27)51-33-25-31(43)35-37(39(33)45)42(48)38-36(41(35)47)32(44)26-34(40(38)46)52-30-20-16-18-28(24-30)50-22-14-12-10-8-6-4-2/h15-20,23-26H,3-14,21-22,43-46H2,1-2H3. The first-order valence-corrected chi connectivity index (χ1v) is 18.6. The van der Waals surface area contributed by atoms with E-state index in [0.29, 0.717) is 36.2 Å². The van der Waals surface area contributed by atoms with E-state index in [9.17, 15) is 9.59 Å². The van der Waals surface area contributed by atoms with Crippen molar-refractivity contribution < 1.29 is 28.5 Å². The van der Waals surface area contributed by atoms with Gasteiger partial charge in [-0.1, -0.05) is 90.2 Å². The molecule has 8 N–H and O–H groups in total. The van der Waals surface area contributed by atoms with Crippen LogP contribution in [0.5, 0.6) is 34.5 Å². The van der Waals surface area contributed by atoms with Crippen molar-refractivity contribution in [2.75, 3.05) is 36.1 Å². The first kappa shape index (κ1) is 37.9. The van der Waals surface area contributed by atoms with E-state index in [4.69, 9.17) is 41.9 Å². The van der Waals surface area contributed by atoms with Crippen molar-refractivity contribution in [1.82, 2.24) is 0 Å². The normalized spacial score (nSPS) is 12.0. The lowest BCUT2D eigenvalue weighted by atomic mass is 9.80. The summed E-state index contributed by atoms with van der Waals surface area (Å²) < 4.78 is 24.1. The number of nitrogens with two attached hydrogens (primary N) is 4. The van der Waals surface area contributed by atoms with E-state index in [1.54, 1.807) is 36.4 Å². The van der Waals surface area contributed by atoms with Gasteiger partial charge < -0.3 is 41.9 Å². The molecule has 0 amide bonds. The van der Waals surface area contributed by atoms with Gasteiger partial charge in [0.25, 0.3) is 0 Å². The van der Waals surface area contributed by atoms with E-state index >= 15 is 0 Å². The molecular formula is C42H52N4O6. The highest BCUT2D eigenvalue weighted by molar-refractivity contribution is 6.35. The van der Waals surface area contributed by atoms with E-state index in [1.807, 2.05) is 12.1 Å². The average Bonchev–Trinajstić information content (AvgIpc) is 3.13. The summed E-state index contributed by atoms with van der Waals surface area (Å²) in [5, 5.41) is 0. The third-order valence-electron chi connectivity index (χ3n) is 9.23. The van der Waals surface area contributed by atoms with Gasteiger partial charge in [0.05, 0.1) is 46.8 Å². The van der Waals surface area contributed by atoms with Crippen LogP contribution in [0.4, 0.5) is 22.7 Å². The molecule has 0 atom stereocenters. The van der Waals surface area contributed by atoms with Crippen LogP contribution in [0.15, 0.2) is 60.7 Å². The molecule has 0 aliphatic heterocycles. The molecule has 0 fully saturated rings. The first-order valence-electron chi connectivity index (χ1n) is 18.6. The topological polar surface area (TPSA) is 175 Å². The Hall–Kier alpha value is -5.38. The molecule has 0 radical (unpaired) electrons. The largest absolute Gasteiger partial charge is 0.493 e. The van der Waals surface area contributed by atoms with Gasteiger partial charge in [0.15, 0.2) is 23.1 Å². The van der Waals surface area contributed by atoms with Gasteiger partial charge in [0, 0.05) is 35.6 Å². The highest BCUT2D eigenvalue weighted by Crippen LogP contribution is 2.46. The van der Waals surface area contributed by atoms with Crippen molar-refractivity contribution in [3.63, 3.8) is 0 Å². The molecule has 276 valence electrons. The first-order chi connectivity index (χ1) is 25.2. The van der Waals surface area contributed by atoms with Crippen LogP contribution in [-0.4, -0.2) is 24.8 Å². The monoisotopic (exact) mass is 708 g/mol. The quantitative estimate of drug-likeness (QED) is 0.0450. The van der Waals surface area contributed by atoms with E-state index in [-0.39, 0.29) is 56.5 Å². The summed E-state index contributed by atoms with van der Waals surface area (Å²) >= 11 is 0. The molecule has 0 saturated carbocycles. The molecule has 0 heterocycles. The fourth-order valence-corrected chi connectivity index (χ4v) is 6.42. The van der Waals surface area contributed by atoms with Crippen LogP contribution >= 0.6 is 0 Å². The highest BCUT2D eigenvalue weighted by Gasteiger charge is 2.38. The van der Waals surface area contributed by atoms with E-state index in [0.717, 1.165) is 25.7 Å². The number of rotatable bonds is 20. The van der Waals surface area contributed by atoms with Gasteiger partial charge in [-0.15, -0.1) is 0 Å². The highest BCUT2D eigenvalue weighted by atomic mass is 16.5. The molecule has 4 aromatic rings. The number of fused-ring (bicyclic) bond motifs is 2. The second-order valence-electron chi connectivity index (χ2n) is 13.3. The molecule has 10 heteroatoms. The molecule has 10 nitrogen and oxygen atoms in total. The maximum atomic E-state index is 14.2. The molecule has 5 rings (SSSR count). The second kappa shape index (κ2) is 18.2. The smallest absolute Gasteiger partial charge is 0.199 e. The van der Waals surface area contributed by atoms with Crippen molar-refractivity contribution in [2.45, 2.75) is 90.9 Å². The minimum Gasteiger partial charge on any atom is -0.493 e. The SMILES string of the molecule is CCCCCCCCOc1cccc(Oc2cc(N)c3c(c2N)C(=O)c2c(N)c(Oc4cccc(OCCCCCCCC)c4)cc(N)c2C3=O)c1. The van der Waals surface area contributed by atoms with E-state index in [1.165, 1.54) is 63.5 Å². The number of unbranched alkanes of at least 4 members (excludes halogenated alkanes) is 10. The molecular weight excluding hydrogens is 656 g/mol. The number of ketones is 2. The Bertz CT molecular complexity index is 1740. The van der Waals surface area contributed by atoms with Crippen LogP contribution in [0.3, 0.4) is 0 Å². The molecule has 0 bridgehead atoms. The summed E-state index contributed by atoms with van der Waals surface area (Å²) in [6.45, 7) is 5.59. The minimum atomic E-state index is -0.610. The van der Waals surface area contributed by atoms with Crippen molar-refractivity contribution >= 4 is 34.3 Å². The van der Waals surface area contributed by atoms with Gasteiger partial charge in [-0.2, -0.15) is 0 Å². The number of nitrogen functional groups attached to an aromatic ring is 4. The average molecular weight is 709 g/mol. The summed E-state index contributed by atoms with van der Waals surface area (Å²) in [4.78, 5) is 28.1. The van der Waals surface area contributed by atoms with Crippen molar-refractivity contribution in [3.05, 3.63) is 82.9 Å². The summed E-state index contributed by atoms with van der Waals surface area (Å²) in [5.41, 5.74) is 25.6. The van der Waals surface area contributed by atoms with Crippen LogP contribution in [-0.2, 0) is 0 Å². The number of carbonyl (C=O) groups excluding carboxylic acids is 2. The summed E-state index contributed by atoms with van der Waals surface area (Å²) in [6, 6.07) is 17.1. The lowest BCUT2D eigenvalue weighted by Gasteiger charge is -2.25. The van der Waals surface area contributed by atoms with Gasteiger partial charge >= 0.3 is 0 Å². The number of benzene rings is 4. The molecule has 52 heavy (non-hydrogen) atoms. The fourth-order valence-electron chi connectivity index (χ4n) is 6.42. The summed E-state index contributed by atoms with van der Waals surface area (Å²) in [5.74, 6) is 1.20. The van der Waals surface area contributed by atoms with Crippen molar-refractivity contribution in [3.8, 4) is 34.5 Å². The second-order valence-corrected chi connectivity index (χ2v) is 13.3. The van der Waals surface area contributed by atoms with Gasteiger partial charge in [-0.05, 0) is 37.1 Å². The number of carbonyl (C=O) groups is 2. The Morgan fingerprint density at radius 3 is 1.25 bits per heavy atom. The molecule has 0 unspecified atom stereocenters. The number of hydrogen-bond acceptors (Lipinski definition) is 10. The molecule has 1 aliphatic carbocycles. The zero-order valence-corrected chi connectivity index (χ0v) is 30.4. The Labute approximate surface area is 306 Å². The maximum Gasteiger partial charge on any atom is 0.199 e. The molecule has 0 saturated heterocycles. The number of anilines is 4. The van der Waals surface area contributed by atoms with Crippen LogP contribution in [0.1, 0.15) is 123 Å². The third-order valence-corrected chi connectivity index (χ3v) is 9.23. The zero-order valence-electron chi connectivity index (χ0n) is 30.4. The maximum absolute atomic E-state index is 14.2. The number of ether oxygens (including phenoxy) is 4. The lowest BCUT2D eigenvalue weighted by molar-refractivity contribution is 0.0981. The molecule has 1 aliphatic rings. The number of hydrogen-bond donors (Lipinski definition) is 4. The van der Waals surface area contributed by atoms with Crippen LogP contribution < -0.4 is 41.9 Å². The fraction of sp³-hybridized carbons (Fsp3) is 0.381. The van der Waals surface area contributed by atoms with Gasteiger partial charge in [0.2, 0.25) is 0 Å². The lowest BCUT2D eigenvalue weighted by Crippen LogP contribution is -2.26. The molecule has 0 spiro atoms. The Morgan fingerprint density at radius 1 is 0.462 bits per heavy atom. The Kier molecular flexibility index (Phi) is 13.3. The Balaban J connectivity index is 1.32. The summed E-state index contributed by atoms with van der Waals surface area (Å²) in [6.07, 6.45) is 14.0. The molecule has 4 aromatic carbocycles. The predicted molar refractivity (Wildman–Crippen MR) is 208 cm³/mol. The van der Waals surface area contributed by atoms with Gasteiger partial charge in [-0.25, -0.2) is 0 Å². The van der Waals surface area contributed by atoms with Crippen LogP contribution in [0.2, 0.25) is 0 Å². The van der Waals surface area contributed by atoms with Crippen molar-refractivity contribution in [1.29, 1.82) is 0 Å². The Morgan fingerprint density at radius 2 is 0.827 bits per heavy atom. The van der Waals surface area contributed by atoms with Gasteiger partial charge in [-0.3, -0.25) is 9.59 Å². The van der Waals surface area contributed by atoms with E-state index in [2.05, 4.69) is 13.8 Å². The minimum absolute atomic E-state index is 0.0229.